The number of hydrogen-bond donors (Lipinski definition) is 2. The molecule has 0 atom stereocenters. The Hall–Kier alpha value is -1.07. The number of aliphatic carboxylic acids is 1. The van der Waals surface area contributed by atoms with Crippen molar-refractivity contribution in [1.29, 1.82) is 0 Å². The molecule has 4 nitrogen and oxygen atoms in total. The average Bonchev–Trinajstić information content (AvgIpc) is 2.42. The highest BCUT2D eigenvalue weighted by atomic mass is 79.9. The first-order chi connectivity index (χ1) is 9.46. The van der Waals surface area contributed by atoms with E-state index in [1.807, 2.05) is 0 Å². The average molecular weight is 361 g/mol. The molecule has 2 N–H and O–H groups in total. The van der Waals surface area contributed by atoms with E-state index < -0.39 is 17.4 Å². The third-order valence-electron chi connectivity index (χ3n) is 3.67. The summed E-state index contributed by atoms with van der Waals surface area (Å²) < 4.78 is 0.611. The largest absolute Gasteiger partial charge is 0.480 e. The van der Waals surface area contributed by atoms with Crippen LogP contribution in [0.4, 0.5) is 0 Å². The smallest absolute Gasteiger partial charge is 0.329 e. The molecular formula is C14H15BrClNO3. The highest BCUT2D eigenvalue weighted by molar-refractivity contribution is 9.10. The lowest BCUT2D eigenvalue weighted by atomic mass is 9.81. The molecule has 0 aliphatic heterocycles. The van der Waals surface area contributed by atoms with Crippen molar-refractivity contribution in [2.75, 3.05) is 0 Å². The second-order valence-corrected chi connectivity index (χ2v) is 6.24. The molecule has 1 fully saturated rings. The van der Waals surface area contributed by atoms with Crippen LogP contribution in [0.1, 0.15) is 42.5 Å². The van der Waals surface area contributed by atoms with E-state index in [4.69, 9.17) is 11.6 Å². The zero-order chi connectivity index (χ0) is 14.8. The van der Waals surface area contributed by atoms with Gasteiger partial charge in [0.25, 0.3) is 5.91 Å². The topological polar surface area (TPSA) is 66.4 Å². The molecule has 1 saturated carbocycles. The maximum absolute atomic E-state index is 12.3. The fourth-order valence-corrected chi connectivity index (χ4v) is 3.09. The summed E-state index contributed by atoms with van der Waals surface area (Å²) >= 11 is 9.33. The van der Waals surface area contributed by atoms with Crippen LogP contribution in [0.15, 0.2) is 22.7 Å². The van der Waals surface area contributed by atoms with Crippen LogP contribution in [0.25, 0.3) is 0 Å². The van der Waals surface area contributed by atoms with Gasteiger partial charge in [-0.2, -0.15) is 0 Å². The first kappa shape index (κ1) is 15.3. The molecule has 0 aromatic heterocycles. The fraction of sp³-hybridized carbons (Fsp3) is 0.429. The summed E-state index contributed by atoms with van der Waals surface area (Å²) in [5, 5.41) is 12.4. The van der Waals surface area contributed by atoms with Crippen molar-refractivity contribution in [3.05, 3.63) is 33.3 Å². The van der Waals surface area contributed by atoms with Gasteiger partial charge < -0.3 is 10.4 Å². The summed E-state index contributed by atoms with van der Waals surface area (Å²) in [6.07, 6.45) is 3.53. The van der Waals surface area contributed by atoms with E-state index in [1.165, 1.54) is 0 Å². The lowest BCUT2D eigenvalue weighted by Gasteiger charge is -2.34. The van der Waals surface area contributed by atoms with Crippen LogP contribution in [0, 0.1) is 0 Å². The number of carbonyl (C=O) groups excluding carboxylic acids is 1. The predicted molar refractivity (Wildman–Crippen MR) is 80.1 cm³/mol. The first-order valence-corrected chi connectivity index (χ1v) is 7.63. The van der Waals surface area contributed by atoms with Gasteiger partial charge in [0.2, 0.25) is 0 Å². The molecule has 0 radical (unpaired) electrons. The molecule has 0 spiro atoms. The van der Waals surface area contributed by atoms with E-state index >= 15 is 0 Å². The SMILES string of the molecule is O=C(NC1(C(=O)O)CCCCC1)c1cccc(Br)c1Cl. The molecule has 1 aromatic rings. The van der Waals surface area contributed by atoms with Crippen LogP contribution < -0.4 is 5.32 Å². The standard InChI is InChI=1S/C14H15BrClNO3/c15-10-6-4-5-9(11(10)16)12(18)17-14(13(19)20)7-2-1-3-8-14/h4-6H,1-3,7-8H2,(H,17,18)(H,19,20). The monoisotopic (exact) mass is 359 g/mol. The molecule has 0 saturated heterocycles. The molecule has 6 heteroatoms. The summed E-state index contributed by atoms with van der Waals surface area (Å²) in [6, 6.07) is 5.01. The third-order valence-corrected chi connectivity index (χ3v) is 4.96. The van der Waals surface area contributed by atoms with Crippen molar-refractivity contribution in [2.24, 2.45) is 0 Å². The zero-order valence-electron chi connectivity index (χ0n) is 10.8. The molecule has 1 aromatic carbocycles. The van der Waals surface area contributed by atoms with Crippen molar-refractivity contribution in [2.45, 2.75) is 37.6 Å². The molecule has 2 rings (SSSR count). The highest BCUT2D eigenvalue weighted by Crippen LogP contribution is 2.30. The molecule has 108 valence electrons. The number of carboxylic acid groups (broad SMARTS) is 1. The molecule has 1 amide bonds. The van der Waals surface area contributed by atoms with Crippen LogP contribution in [-0.4, -0.2) is 22.5 Å². The Kier molecular flexibility index (Phi) is 4.70. The van der Waals surface area contributed by atoms with Crippen LogP contribution >= 0.6 is 27.5 Å². The van der Waals surface area contributed by atoms with Gasteiger partial charge in [-0.05, 0) is 40.9 Å². The number of carboxylic acids is 1. The normalized spacial score (nSPS) is 17.5. The maximum atomic E-state index is 12.3. The minimum Gasteiger partial charge on any atom is -0.480 e. The Labute approximate surface area is 130 Å². The molecule has 1 aliphatic carbocycles. The Morgan fingerprint density at radius 2 is 1.90 bits per heavy atom. The Morgan fingerprint density at radius 3 is 2.50 bits per heavy atom. The maximum Gasteiger partial charge on any atom is 0.329 e. The van der Waals surface area contributed by atoms with Gasteiger partial charge in [0.1, 0.15) is 5.54 Å². The van der Waals surface area contributed by atoms with Crippen LogP contribution in [-0.2, 0) is 4.79 Å². The minimum atomic E-state index is -1.17. The molecule has 1 aliphatic rings. The number of rotatable bonds is 3. The van der Waals surface area contributed by atoms with Crippen molar-refractivity contribution in [1.82, 2.24) is 5.32 Å². The Balaban J connectivity index is 2.25. The van der Waals surface area contributed by atoms with E-state index in [2.05, 4.69) is 21.2 Å². The van der Waals surface area contributed by atoms with Gasteiger partial charge in [-0.1, -0.05) is 36.9 Å². The second-order valence-electron chi connectivity index (χ2n) is 5.00. The van der Waals surface area contributed by atoms with E-state index in [0.717, 1.165) is 19.3 Å². The summed E-state index contributed by atoms with van der Waals surface area (Å²) in [7, 11) is 0. The molecular weight excluding hydrogens is 346 g/mol. The lowest BCUT2D eigenvalue weighted by molar-refractivity contribution is -0.145. The number of nitrogens with one attached hydrogen (secondary N) is 1. The van der Waals surface area contributed by atoms with Gasteiger partial charge in [0.05, 0.1) is 10.6 Å². The number of amides is 1. The molecule has 0 bridgehead atoms. The highest BCUT2D eigenvalue weighted by Gasteiger charge is 2.41. The number of carbonyl (C=O) groups is 2. The van der Waals surface area contributed by atoms with E-state index in [0.29, 0.717) is 22.3 Å². The number of halogens is 2. The van der Waals surface area contributed by atoms with Gasteiger partial charge in [0, 0.05) is 4.47 Å². The van der Waals surface area contributed by atoms with Crippen molar-refractivity contribution >= 4 is 39.4 Å². The van der Waals surface area contributed by atoms with Gasteiger partial charge in [-0.15, -0.1) is 0 Å². The summed E-state index contributed by atoms with van der Waals surface area (Å²) in [6.45, 7) is 0. The summed E-state index contributed by atoms with van der Waals surface area (Å²) in [5.74, 6) is -1.42. The van der Waals surface area contributed by atoms with Crippen molar-refractivity contribution in [3.8, 4) is 0 Å². The molecule has 20 heavy (non-hydrogen) atoms. The van der Waals surface area contributed by atoms with Crippen LogP contribution in [0.2, 0.25) is 5.02 Å². The van der Waals surface area contributed by atoms with Gasteiger partial charge >= 0.3 is 5.97 Å². The Bertz CT molecular complexity index is 541. The second kappa shape index (κ2) is 6.14. The van der Waals surface area contributed by atoms with E-state index in [9.17, 15) is 14.7 Å². The lowest BCUT2D eigenvalue weighted by Crippen LogP contribution is -2.55. The number of hydrogen-bond acceptors (Lipinski definition) is 2. The molecule has 0 unspecified atom stereocenters. The van der Waals surface area contributed by atoms with Crippen molar-refractivity contribution < 1.29 is 14.7 Å². The third kappa shape index (κ3) is 2.99. The van der Waals surface area contributed by atoms with Gasteiger partial charge in [-0.25, -0.2) is 4.79 Å². The van der Waals surface area contributed by atoms with Gasteiger partial charge in [-0.3, -0.25) is 4.79 Å². The fourth-order valence-electron chi connectivity index (χ4n) is 2.51. The summed E-state index contributed by atoms with van der Waals surface area (Å²) in [4.78, 5) is 23.9. The van der Waals surface area contributed by atoms with E-state index in [-0.39, 0.29) is 5.56 Å². The number of benzene rings is 1. The minimum absolute atomic E-state index is 0.284. The van der Waals surface area contributed by atoms with E-state index in [1.54, 1.807) is 18.2 Å². The first-order valence-electron chi connectivity index (χ1n) is 6.46. The molecule has 0 heterocycles. The Morgan fingerprint density at radius 1 is 1.25 bits per heavy atom. The van der Waals surface area contributed by atoms with Crippen LogP contribution in [0.3, 0.4) is 0 Å². The zero-order valence-corrected chi connectivity index (χ0v) is 13.1. The van der Waals surface area contributed by atoms with Crippen LogP contribution in [0.5, 0.6) is 0 Å². The van der Waals surface area contributed by atoms with Crippen molar-refractivity contribution in [3.63, 3.8) is 0 Å². The predicted octanol–water partition coefficient (Wildman–Crippen LogP) is 3.62. The quantitative estimate of drug-likeness (QED) is 0.865. The summed E-state index contributed by atoms with van der Waals surface area (Å²) in [5.41, 5.74) is -0.881. The van der Waals surface area contributed by atoms with Gasteiger partial charge in [0.15, 0.2) is 0 Å².